The van der Waals surface area contributed by atoms with Crippen molar-refractivity contribution in [2.45, 2.75) is 26.4 Å². The fourth-order valence-corrected chi connectivity index (χ4v) is 2.44. The molecule has 26 heavy (non-hydrogen) atoms. The van der Waals surface area contributed by atoms with Crippen molar-refractivity contribution in [1.29, 1.82) is 0 Å². The van der Waals surface area contributed by atoms with E-state index in [1.807, 2.05) is 30.3 Å². The summed E-state index contributed by atoms with van der Waals surface area (Å²) in [7, 11) is 0. The number of carbonyl (C=O) groups excluding carboxylic acids is 2. The van der Waals surface area contributed by atoms with Gasteiger partial charge >= 0.3 is 11.9 Å². The van der Waals surface area contributed by atoms with Gasteiger partial charge in [0, 0.05) is 5.56 Å². The van der Waals surface area contributed by atoms with Crippen LogP contribution in [0, 0.1) is 0 Å². The fraction of sp³-hybridized carbons (Fsp3) is 0.250. The molecule has 2 aromatic carbocycles. The maximum absolute atomic E-state index is 12.2. The lowest BCUT2D eigenvalue weighted by atomic mass is 10.1. The van der Waals surface area contributed by atoms with Crippen molar-refractivity contribution in [2.24, 2.45) is 0 Å². The minimum Gasteiger partial charge on any atom is -0.457 e. The first kappa shape index (κ1) is 17.7. The summed E-state index contributed by atoms with van der Waals surface area (Å²) in [5, 5.41) is 4.71. The number of fused-ring (bicyclic) bond motifs is 1. The van der Waals surface area contributed by atoms with Crippen molar-refractivity contribution < 1.29 is 23.6 Å². The summed E-state index contributed by atoms with van der Waals surface area (Å²) in [4.78, 5) is 23.9. The number of esters is 2. The van der Waals surface area contributed by atoms with Crippen molar-refractivity contribution in [3.8, 4) is 11.3 Å². The average molecular weight is 353 g/mol. The van der Waals surface area contributed by atoms with Gasteiger partial charge in [-0.25, -0.2) is 9.59 Å². The Labute approximate surface area is 150 Å². The summed E-state index contributed by atoms with van der Waals surface area (Å²) in [6.45, 7) is 4.80. The summed E-state index contributed by atoms with van der Waals surface area (Å²) in [5.41, 5.74) is 1.17. The molecule has 0 unspecified atom stereocenters. The molecule has 0 saturated carbocycles. The van der Waals surface area contributed by atoms with E-state index < -0.39 is 24.1 Å². The van der Waals surface area contributed by atoms with Gasteiger partial charge in [0.1, 0.15) is 11.1 Å². The van der Waals surface area contributed by atoms with Crippen molar-refractivity contribution in [3.63, 3.8) is 0 Å². The second kappa shape index (κ2) is 7.00. The molecule has 0 N–H and O–H groups in total. The summed E-state index contributed by atoms with van der Waals surface area (Å²) >= 11 is 0. The van der Waals surface area contributed by atoms with Gasteiger partial charge in [-0.15, -0.1) is 0 Å². The molecule has 0 radical (unpaired) electrons. The molecule has 0 atom stereocenters. The van der Waals surface area contributed by atoms with Crippen molar-refractivity contribution in [3.05, 3.63) is 54.1 Å². The average Bonchev–Trinajstić information content (AvgIpc) is 3.02. The van der Waals surface area contributed by atoms with E-state index in [1.165, 1.54) is 0 Å². The highest BCUT2D eigenvalue weighted by molar-refractivity contribution is 5.99. The molecule has 0 bridgehead atoms. The van der Waals surface area contributed by atoms with E-state index in [-0.39, 0.29) is 0 Å². The Kier molecular flexibility index (Phi) is 4.75. The van der Waals surface area contributed by atoms with Crippen LogP contribution in [-0.2, 0) is 14.3 Å². The van der Waals surface area contributed by atoms with E-state index in [0.717, 1.165) is 5.56 Å². The van der Waals surface area contributed by atoms with Gasteiger partial charge in [0.25, 0.3) is 0 Å². The van der Waals surface area contributed by atoms with Crippen LogP contribution in [0.15, 0.2) is 53.1 Å². The Morgan fingerprint density at radius 2 is 1.81 bits per heavy atom. The second-order valence-electron chi connectivity index (χ2n) is 6.77. The Morgan fingerprint density at radius 3 is 2.50 bits per heavy atom. The molecule has 0 fully saturated rings. The van der Waals surface area contributed by atoms with Crippen molar-refractivity contribution >= 4 is 22.8 Å². The number of rotatable bonds is 4. The largest absolute Gasteiger partial charge is 0.457 e. The van der Waals surface area contributed by atoms with Crippen LogP contribution in [0.5, 0.6) is 0 Å². The zero-order valence-electron chi connectivity index (χ0n) is 14.8. The van der Waals surface area contributed by atoms with Crippen LogP contribution in [-0.4, -0.2) is 29.3 Å². The predicted octanol–water partition coefficient (Wildman–Crippen LogP) is 3.99. The third kappa shape index (κ3) is 4.08. The molecule has 1 heterocycles. The molecule has 1 aromatic heterocycles. The van der Waals surface area contributed by atoms with E-state index in [0.29, 0.717) is 22.2 Å². The number of ether oxygens (including phenoxy) is 2. The van der Waals surface area contributed by atoms with Crippen LogP contribution in [0.1, 0.15) is 31.1 Å². The van der Waals surface area contributed by atoms with Gasteiger partial charge in [0.2, 0.25) is 0 Å². The number of carbonyl (C=O) groups is 2. The van der Waals surface area contributed by atoms with Crippen LogP contribution in [0.4, 0.5) is 0 Å². The van der Waals surface area contributed by atoms with Gasteiger partial charge in [-0.05, 0) is 39.0 Å². The smallest absolute Gasteiger partial charge is 0.344 e. The van der Waals surface area contributed by atoms with Crippen LogP contribution in [0.2, 0.25) is 0 Å². The molecule has 0 aliphatic rings. The normalized spacial score (nSPS) is 11.3. The SMILES string of the molecule is CC(C)(C)OC(=O)COC(=O)c1ccc2noc(-c3ccccc3)c2c1. The molecule has 6 nitrogen and oxygen atoms in total. The fourth-order valence-electron chi connectivity index (χ4n) is 2.44. The highest BCUT2D eigenvalue weighted by Gasteiger charge is 2.19. The minimum absolute atomic E-state index is 0.307. The minimum atomic E-state index is -0.630. The zero-order valence-corrected chi connectivity index (χ0v) is 14.8. The lowest BCUT2D eigenvalue weighted by Crippen LogP contribution is -2.27. The maximum Gasteiger partial charge on any atom is 0.344 e. The molecule has 6 heteroatoms. The van der Waals surface area contributed by atoms with Crippen LogP contribution in [0.3, 0.4) is 0 Å². The van der Waals surface area contributed by atoms with Gasteiger partial charge in [0.15, 0.2) is 12.4 Å². The van der Waals surface area contributed by atoms with Crippen LogP contribution in [0.25, 0.3) is 22.2 Å². The molecular weight excluding hydrogens is 334 g/mol. The van der Waals surface area contributed by atoms with Crippen LogP contribution < -0.4 is 0 Å². The quantitative estimate of drug-likeness (QED) is 0.660. The molecule has 0 amide bonds. The second-order valence-corrected chi connectivity index (χ2v) is 6.77. The van der Waals surface area contributed by atoms with E-state index in [9.17, 15) is 9.59 Å². The first-order valence-corrected chi connectivity index (χ1v) is 8.17. The van der Waals surface area contributed by atoms with E-state index in [1.54, 1.807) is 39.0 Å². The van der Waals surface area contributed by atoms with Gasteiger partial charge < -0.3 is 14.0 Å². The number of benzene rings is 2. The Bertz CT molecular complexity index is 938. The molecule has 3 aromatic rings. The third-order valence-corrected chi connectivity index (χ3v) is 3.49. The lowest BCUT2D eigenvalue weighted by Gasteiger charge is -2.19. The predicted molar refractivity (Wildman–Crippen MR) is 95.6 cm³/mol. The first-order valence-electron chi connectivity index (χ1n) is 8.17. The van der Waals surface area contributed by atoms with E-state index in [2.05, 4.69) is 5.16 Å². The molecule has 0 saturated heterocycles. The highest BCUT2D eigenvalue weighted by Crippen LogP contribution is 2.29. The number of hydrogen-bond donors (Lipinski definition) is 0. The summed E-state index contributed by atoms with van der Waals surface area (Å²) in [6, 6.07) is 14.4. The Hall–Kier alpha value is -3.15. The van der Waals surface area contributed by atoms with Gasteiger partial charge in [-0.1, -0.05) is 35.5 Å². The van der Waals surface area contributed by atoms with Crippen LogP contribution >= 0.6 is 0 Å². The molecule has 0 aliphatic carbocycles. The van der Waals surface area contributed by atoms with E-state index in [4.69, 9.17) is 14.0 Å². The van der Waals surface area contributed by atoms with Crippen molar-refractivity contribution in [2.75, 3.05) is 6.61 Å². The molecule has 134 valence electrons. The van der Waals surface area contributed by atoms with Crippen molar-refractivity contribution in [1.82, 2.24) is 5.16 Å². The molecule has 3 rings (SSSR count). The Balaban J connectivity index is 1.78. The zero-order chi connectivity index (χ0) is 18.7. The van der Waals surface area contributed by atoms with Gasteiger partial charge in [0.05, 0.1) is 10.9 Å². The van der Waals surface area contributed by atoms with Gasteiger partial charge in [-0.2, -0.15) is 0 Å². The third-order valence-electron chi connectivity index (χ3n) is 3.49. The summed E-state index contributed by atoms with van der Waals surface area (Å²) < 4.78 is 15.6. The Morgan fingerprint density at radius 1 is 1.08 bits per heavy atom. The highest BCUT2D eigenvalue weighted by atomic mass is 16.6. The molecule has 0 aliphatic heterocycles. The molecular formula is C20H19NO5. The standard InChI is InChI=1S/C20H19NO5/c1-20(2,3)25-17(22)12-24-19(23)14-9-10-16-15(11-14)18(26-21-16)13-7-5-4-6-8-13/h4-11H,12H2,1-3H3. The van der Waals surface area contributed by atoms with Gasteiger partial charge in [-0.3, -0.25) is 0 Å². The maximum atomic E-state index is 12.2. The number of nitrogens with zero attached hydrogens (tertiary/aromatic N) is 1. The number of aromatic nitrogens is 1. The lowest BCUT2D eigenvalue weighted by molar-refractivity contribution is -0.158. The monoisotopic (exact) mass is 353 g/mol. The summed E-state index contributed by atoms with van der Waals surface area (Å²) in [5.74, 6) is -0.637. The topological polar surface area (TPSA) is 78.6 Å². The van der Waals surface area contributed by atoms with E-state index >= 15 is 0 Å². The number of hydrogen-bond acceptors (Lipinski definition) is 6. The molecule has 0 spiro atoms. The first-order chi connectivity index (χ1) is 12.3. The summed E-state index contributed by atoms with van der Waals surface area (Å²) in [6.07, 6.45) is 0.